The lowest BCUT2D eigenvalue weighted by Crippen LogP contribution is -2.46. The van der Waals surface area contributed by atoms with E-state index >= 15 is 0 Å². The zero-order valence-corrected chi connectivity index (χ0v) is 43.4. The molecular weight excluding hydrogens is 961 g/mol. The van der Waals surface area contributed by atoms with Crippen LogP contribution in [0, 0.1) is 10.8 Å². The van der Waals surface area contributed by atoms with Crippen LogP contribution in [0.25, 0.3) is 33.4 Å². The maximum Gasteiger partial charge on any atom is 0.343 e. The van der Waals surface area contributed by atoms with Crippen LogP contribution in [-0.2, 0) is 9.47 Å². The SMILES string of the molecule is C=C(C)c1cc(OC(=O)c2ccc(OCOc3ccc(-c4ccc(OCC5(CC)COC5)cc4)cc3)cc2)c(C(=C)C)cc1OC(=O)c1ccc(OCOc2ccc(-c3ccc(OCC4(CC)COC4)cc3)cc2)cc1. The molecule has 0 aromatic heterocycles. The molecule has 2 heterocycles. The van der Waals surface area contributed by atoms with Gasteiger partial charge >= 0.3 is 11.9 Å². The van der Waals surface area contributed by atoms with Crippen LogP contribution in [0.3, 0.4) is 0 Å². The Labute approximate surface area is 444 Å². The Morgan fingerprint density at radius 3 is 0.921 bits per heavy atom. The van der Waals surface area contributed by atoms with E-state index in [1.54, 1.807) is 74.5 Å². The summed E-state index contributed by atoms with van der Waals surface area (Å²) < 4.78 is 58.1. The first-order chi connectivity index (χ1) is 36.9. The van der Waals surface area contributed by atoms with E-state index in [4.69, 9.17) is 47.4 Å². The molecule has 7 aromatic rings. The molecule has 12 heteroatoms. The highest BCUT2D eigenvalue weighted by Crippen LogP contribution is 2.38. The summed E-state index contributed by atoms with van der Waals surface area (Å²) in [6.07, 6.45) is 2.06. The fourth-order valence-corrected chi connectivity index (χ4v) is 8.43. The standard InChI is InChI=1S/C64H62O12/c1-7-63(35-67-36-63)39-69-51-21-9-45(10-22-51)47-13-25-53(26-14-47)71-41-73-55-29-17-49(18-30-55)61(65)75-59-33-58(44(5)6)60(34-57(59)43(3)4)76-62(66)50-19-31-56(32-20-50)74-42-72-54-27-15-48(16-28-54)46-11-23-52(24-12-46)70-40-64(8-2)37-68-38-64/h9-34H,3,5,7-8,35-42H2,1-2,4,6H3. The van der Waals surface area contributed by atoms with Gasteiger partial charge in [-0.15, -0.1) is 0 Å². The van der Waals surface area contributed by atoms with Crippen molar-refractivity contribution in [2.75, 3.05) is 53.2 Å². The third kappa shape index (κ3) is 12.9. The molecule has 0 atom stereocenters. The van der Waals surface area contributed by atoms with Crippen LogP contribution in [0.2, 0.25) is 0 Å². The van der Waals surface area contributed by atoms with Crippen molar-refractivity contribution in [2.45, 2.75) is 40.5 Å². The smallest absolute Gasteiger partial charge is 0.343 e. The molecule has 7 aromatic carbocycles. The average Bonchev–Trinajstić information content (AvgIpc) is 3.42. The van der Waals surface area contributed by atoms with E-state index in [1.807, 2.05) is 97.1 Å². The maximum absolute atomic E-state index is 13.5. The largest absolute Gasteiger partial charge is 0.493 e. The molecule has 390 valence electrons. The van der Waals surface area contributed by atoms with E-state index < -0.39 is 11.9 Å². The van der Waals surface area contributed by atoms with Crippen LogP contribution in [0.4, 0.5) is 0 Å². The summed E-state index contributed by atoms with van der Waals surface area (Å²) in [6, 6.07) is 48.0. The van der Waals surface area contributed by atoms with Crippen LogP contribution < -0.4 is 37.9 Å². The van der Waals surface area contributed by atoms with Gasteiger partial charge in [0.1, 0.15) is 46.0 Å². The molecule has 0 N–H and O–H groups in total. The Morgan fingerprint density at radius 1 is 0.421 bits per heavy atom. The molecule has 9 rings (SSSR count). The Balaban J connectivity index is 0.728. The number of benzene rings is 7. The quantitative estimate of drug-likeness (QED) is 0.0325. The number of hydrogen-bond acceptors (Lipinski definition) is 12. The number of hydrogen-bond donors (Lipinski definition) is 0. The lowest BCUT2D eigenvalue weighted by atomic mass is 9.84. The molecule has 0 saturated carbocycles. The summed E-state index contributed by atoms with van der Waals surface area (Å²) in [5, 5.41) is 0. The van der Waals surface area contributed by atoms with Gasteiger partial charge in [0.05, 0.1) is 61.6 Å². The van der Waals surface area contributed by atoms with Gasteiger partial charge in [0.25, 0.3) is 0 Å². The lowest BCUT2D eigenvalue weighted by Gasteiger charge is -2.40. The molecule has 0 spiro atoms. The first-order valence-electron chi connectivity index (χ1n) is 25.4. The zero-order valence-electron chi connectivity index (χ0n) is 43.4. The third-order valence-electron chi connectivity index (χ3n) is 13.8. The zero-order chi connectivity index (χ0) is 53.1. The summed E-state index contributed by atoms with van der Waals surface area (Å²) in [5.41, 5.74) is 7.18. The maximum atomic E-state index is 13.5. The van der Waals surface area contributed by atoms with Crippen molar-refractivity contribution in [3.05, 3.63) is 193 Å². The summed E-state index contributed by atoms with van der Waals surface area (Å²) in [7, 11) is 0. The first kappa shape index (κ1) is 52.5. The van der Waals surface area contributed by atoms with Gasteiger partial charge in [0.2, 0.25) is 13.6 Å². The van der Waals surface area contributed by atoms with E-state index in [9.17, 15) is 9.59 Å². The van der Waals surface area contributed by atoms with Crippen LogP contribution in [0.1, 0.15) is 72.4 Å². The highest BCUT2D eigenvalue weighted by atomic mass is 16.7. The second-order valence-electron chi connectivity index (χ2n) is 19.4. The van der Waals surface area contributed by atoms with Gasteiger partial charge in [-0.2, -0.15) is 0 Å². The molecule has 0 aliphatic carbocycles. The molecule has 0 unspecified atom stereocenters. The van der Waals surface area contributed by atoms with E-state index in [2.05, 4.69) is 27.0 Å². The predicted octanol–water partition coefficient (Wildman–Crippen LogP) is 14.0. The molecule has 76 heavy (non-hydrogen) atoms. The molecule has 12 nitrogen and oxygen atoms in total. The van der Waals surface area contributed by atoms with Crippen molar-refractivity contribution in [3.63, 3.8) is 0 Å². The monoisotopic (exact) mass is 1020 g/mol. The second-order valence-corrected chi connectivity index (χ2v) is 19.4. The van der Waals surface area contributed by atoms with Gasteiger partial charge in [-0.1, -0.05) is 75.5 Å². The molecule has 0 bridgehead atoms. The topological polar surface area (TPSA) is 126 Å². The minimum absolute atomic E-state index is 0.0420. The normalized spacial score (nSPS) is 13.9. The van der Waals surface area contributed by atoms with Gasteiger partial charge < -0.3 is 47.4 Å². The van der Waals surface area contributed by atoms with Crippen LogP contribution in [-0.4, -0.2) is 65.2 Å². The van der Waals surface area contributed by atoms with E-state index in [0.717, 1.165) is 73.0 Å². The number of carbonyl (C=O) groups is 2. The second kappa shape index (κ2) is 23.9. The molecule has 2 fully saturated rings. The van der Waals surface area contributed by atoms with Crippen molar-refractivity contribution < 1.29 is 57.0 Å². The number of ether oxygens (including phenoxy) is 10. The van der Waals surface area contributed by atoms with Gasteiger partial charge in [-0.05, 0) is 169 Å². The van der Waals surface area contributed by atoms with E-state index in [-0.39, 0.29) is 35.9 Å². The summed E-state index contributed by atoms with van der Waals surface area (Å²) in [4.78, 5) is 27.0. The van der Waals surface area contributed by atoms with Crippen LogP contribution >= 0.6 is 0 Å². The average molecular weight is 1020 g/mol. The molecule has 0 radical (unpaired) electrons. The molecule has 0 amide bonds. The summed E-state index contributed by atoms with van der Waals surface area (Å²) in [5.74, 6) is 3.23. The van der Waals surface area contributed by atoms with Gasteiger partial charge in [0, 0.05) is 11.1 Å². The van der Waals surface area contributed by atoms with Crippen molar-refractivity contribution in [2.24, 2.45) is 10.8 Å². The van der Waals surface area contributed by atoms with Crippen LogP contribution in [0.15, 0.2) is 171 Å². The summed E-state index contributed by atoms with van der Waals surface area (Å²) in [6.45, 7) is 20.3. The Kier molecular flexibility index (Phi) is 16.5. The highest BCUT2D eigenvalue weighted by molar-refractivity contribution is 5.94. The minimum Gasteiger partial charge on any atom is -0.493 e. The fraction of sp³-hybridized carbons (Fsp3) is 0.250. The molecule has 2 aliphatic heterocycles. The van der Waals surface area contributed by atoms with E-state index in [1.165, 1.54) is 0 Å². The van der Waals surface area contributed by atoms with Crippen molar-refractivity contribution in [3.8, 4) is 68.2 Å². The Morgan fingerprint density at radius 2 is 0.684 bits per heavy atom. The third-order valence-corrected chi connectivity index (χ3v) is 13.8. The number of rotatable bonds is 24. The van der Waals surface area contributed by atoms with Gasteiger partial charge in [-0.3, -0.25) is 0 Å². The van der Waals surface area contributed by atoms with Crippen molar-refractivity contribution in [1.29, 1.82) is 0 Å². The molecule has 2 saturated heterocycles. The molecular formula is C64H62O12. The lowest BCUT2D eigenvalue weighted by molar-refractivity contribution is -0.133. The van der Waals surface area contributed by atoms with Crippen LogP contribution in [0.5, 0.6) is 46.0 Å². The van der Waals surface area contributed by atoms with Crippen molar-refractivity contribution in [1.82, 2.24) is 0 Å². The summed E-state index contributed by atoms with van der Waals surface area (Å²) >= 11 is 0. The predicted molar refractivity (Wildman–Crippen MR) is 293 cm³/mol. The number of carbonyl (C=O) groups excluding carboxylic acids is 2. The molecule has 2 aliphatic rings. The number of allylic oxidation sites excluding steroid dienone is 2. The minimum atomic E-state index is -0.603. The highest BCUT2D eigenvalue weighted by Gasteiger charge is 2.38. The Hall–Kier alpha value is -8.32. The van der Waals surface area contributed by atoms with Crippen molar-refractivity contribution >= 4 is 23.1 Å². The van der Waals surface area contributed by atoms with Gasteiger partial charge in [0.15, 0.2) is 0 Å². The Bertz CT molecular complexity index is 2890. The fourth-order valence-electron chi connectivity index (χ4n) is 8.43. The number of esters is 2. The van der Waals surface area contributed by atoms with Gasteiger partial charge in [-0.25, -0.2) is 9.59 Å². The van der Waals surface area contributed by atoms with E-state index in [0.29, 0.717) is 69.6 Å². The first-order valence-corrected chi connectivity index (χ1v) is 25.4.